The Hall–Kier alpha value is -2.11. The number of benzene rings is 2. The number of hydrogen-bond acceptors (Lipinski definition) is 3. The molecule has 126 valence electrons. The molecular formula is C18H18ClFN2O2. The summed E-state index contributed by atoms with van der Waals surface area (Å²) in [5.41, 5.74) is 6.80. The van der Waals surface area contributed by atoms with Gasteiger partial charge >= 0.3 is 0 Å². The topological polar surface area (TPSA) is 55.6 Å². The predicted octanol–water partition coefficient (Wildman–Crippen LogP) is 3.40. The van der Waals surface area contributed by atoms with Gasteiger partial charge in [-0.05, 0) is 42.3 Å². The molecule has 2 aromatic carbocycles. The van der Waals surface area contributed by atoms with Gasteiger partial charge < -0.3 is 15.4 Å². The minimum atomic E-state index is -0.289. The first kappa shape index (κ1) is 16.7. The van der Waals surface area contributed by atoms with Gasteiger partial charge in [0, 0.05) is 18.1 Å². The Kier molecular flexibility index (Phi) is 5.02. The number of nitrogens with zero attached hydrogens (tertiary/aromatic N) is 1. The van der Waals surface area contributed by atoms with Crippen LogP contribution in [0.15, 0.2) is 42.5 Å². The van der Waals surface area contributed by atoms with Crippen LogP contribution in [-0.4, -0.2) is 30.5 Å². The van der Waals surface area contributed by atoms with Gasteiger partial charge in [0.05, 0.1) is 11.6 Å². The van der Waals surface area contributed by atoms with Crippen LogP contribution in [0.5, 0.6) is 5.75 Å². The quantitative estimate of drug-likeness (QED) is 0.901. The fourth-order valence-corrected chi connectivity index (χ4v) is 2.95. The second-order valence-corrected chi connectivity index (χ2v) is 6.07. The highest BCUT2D eigenvalue weighted by Crippen LogP contribution is 2.36. The van der Waals surface area contributed by atoms with Crippen molar-refractivity contribution < 1.29 is 13.9 Å². The first-order chi connectivity index (χ1) is 11.6. The highest BCUT2D eigenvalue weighted by atomic mass is 35.5. The number of ether oxygens (including phenoxy) is 1. The summed E-state index contributed by atoms with van der Waals surface area (Å²) in [6.07, 6.45) is 0.844. The molecule has 3 rings (SSSR count). The summed E-state index contributed by atoms with van der Waals surface area (Å²) in [4.78, 5) is 14.6. The summed E-state index contributed by atoms with van der Waals surface area (Å²) in [6.45, 7) is 1.32. The summed E-state index contributed by atoms with van der Waals surface area (Å²) in [5.74, 6) is 0.0352. The van der Waals surface area contributed by atoms with Crippen molar-refractivity contribution >= 4 is 17.5 Å². The predicted molar refractivity (Wildman–Crippen MR) is 90.8 cm³/mol. The molecule has 1 unspecified atom stereocenters. The molecule has 0 spiro atoms. The molecule has 0 saturated carbocycles. The van der Waals surface area contributed by atoms with E-state index in [0.29, 0.717) is 36.0 Å². The lowest BCUT2D eigenvalue weighted by atomic mass is 9.93. The third-order valence-electron chi connectivity index (χ3n) is 4.08. The molecular weight excluding hydrogens is 331 g/mol. The second kappa shape index (κ2) is 7.20. The normalized spacial score (nSPS) is 16.6. The number of amides is 1. The van der Waals surface area contributed by atoms with Crippen LogP contribution in [-0.2, 0) is 0 Å². The molecule has 1 aliphatic rings. The molecule has 6 heteroatoms. The molecule has 1 saturated heterocycles. The Morgan fingerprint density at radius 3 is 2.67 bits per heavy atom. The molecule has 1 aliphatic heterocycles. The van der Waals surface area contributed by atoms with Gasteiger partial charge in [0.1, 0.15) is 18.2 Å². The van der Waals surface area contributed by atoms with Gasteiger partial charge in [-0.2, -0.15) is 0 Å². The minimum absolute atomic E-state index is 0.0561. The van der Waals surface area contributed by atoms with Crippen LogP contribution in [0.25, 0.3) is 0 Å². The van der Waals surface area contributed by atoms with Crippen molar-refractivity contribution in [2.45, 2.75) is 12.5 Å². The van der Waals surface area contributed by atoms with Crippen LogP contribution in [0.3, 0.4) is 0 Å². The minimum Gasteiger partial charge on any atom is -0.491 e. The lowest BCUT2D eigenvalue weighted by molar-refractivity contribution is 0.0456. The number of carbonyl (C=O) groups excluding carboxylic acids is 1. The summed E-state index contributed by atoms with van der Waals surface area (Å²) < 4.78 is 18.6. The molecule has 1 heterocycles. The third kappa shape index (κ3) is 3.37. The molecule has 2 aromatic rings. The van der Waals surface area contributed by atoms with E-state index in [4.69, 9.17) is 22.1 Å². The number of nitrogens with two attached hydrogens (primary N) is 1. The van der Waals surface area contributed by atoms with E-state index < -0.39 is 0 Å². The van der Waals surface area contributed by atoms with E-state index in [1.165, 1.54) is 12.1 Å². The summed E-state index contributed by atoms with van der Waals surface area (Å²) in [6, 6.07) is 11.1. The van der Waals surface area contributed by atoms with E-state index in [1.54, 1.807) is 35.2 Å². The zero-order chi connectivity index (χ0) is 17.1. The first-order valence-corrected chi connectivity index (χ1v) is 8.17. The van der Waals surface area contributed by atoms with Crippen LogP contribution >= 0.6 is 11.6 Å². The van der Waals surface area contributed by atoms with Crippen LogP contribution in [0.1, 0.15) is 28.4 Å². The fraction of sp³-hybridized carbons (Fsp3) is 0.278. The third-order valence-corrected chi connectivity index (χ3v) is 4.32. The highest BCUT2D eigenvalue weighted by Gasteiger charge is 2.35. The van der Waals surface area contributed by atoms with Gasteiger partial charge in [-0.1, -0.05) is 23.7 Å². The summed E-state index contributed by atoms with van der Waals surface area (Å²) >= 11 is 6.04. The van der Waals surface area contributed by atoms with Gasteiger partial charge in [0.2, 0.25) is 0 Å². The van der Waals surface area contributed by atoms with E-state index in [2.05, 4.69) is 0 Å². The van der Waals surface area contributed by atoms with Crippen LogP contribution < -0.4 is 10.5 Å². The molecule has 1 amide bonds. The molecule has 0 bridgehead atoms. The average molecular weight is 349 g/mol. The molecule has 0 aliphatic carbocycles. The van der Waals surface area contributed by atoms with Crippen molar-refractivity contribution in [1.82, 2.24) is 4.90 Å². The van der Waals surface area contributed by atoms with Crippen molar-refractivity contribution in [2.75, 3.05) is 19.7 Å². The maximum atomic E-state index is 13.1. The van der Waals surface area contributed by atoms with E-state index in [1.807, 2.05) is 0 Å². The molecule has 0 radical (unpaired) electrons. The molecule has 1 fully saturated rings. The van der Waals surface area contributed by atoms with E-state index >= 15 is 0 Å². The smallest absolute Gasteiger partial charge is 0.258 e. The number of hydrogen-bond donors (Lipinski definition) is 1. The largest absolute Gasteiger partial charge is 0.491 e. The van der Waals surface area contributed by atoms with Crippen LogP contribution in [0.4, 0.5) is 4.39 Å². The maximum Gasteiger partial charge on any atom is 0.258 e. The Bertz CT molecular complexity index is 736. The van der Waals surface area contributed by atoms with Gasteiger partial charge in [0.15, 0.2) is 0 Å². The Labute approximate surface area is 145 Å². The SMILES string of the molecule is NCCOc1ccc(Cl)cc1C(=O)N1CCC1c1ccc(F)cc1. The second-order valence-electron chi connectivity index (χ2n) is 5.63. The lowest BCUT2D eigenvalue weighted by Crippen LogP contribution is -2.45. The monoisotopic (exact) mass is 348 g/mol. The maximum absolute atomic E-state index is 13.1. The number of rotatable bonds is 5. The summed E-state index contributed by atoms with van der Waals surface area (Å²) in [5, 5.41) is 0.470. The van der Waals surface area contributed by atoms with Gasteiger partial charge in [-0.25, -0.2) is 4.39 Å². The van der Waals surface area contributed by atoms with Crippen molar-refractivity contribution in [3.63, 3.8) is 0 Å². The van der Waals surface area contributed by atoms with Crippen molar-refractivity contribution in [1.29, 1.82) is 0 Å². The number of carbonyl (C=O) groups is 1. The lowest BCUT2D eigenvalue weighted by Gasteiger charge is -2.41. The van der Waals surface area contributed by atoms with E-state index in [-0.39, 0.29) is 17.8 Å². The van der Waals surface area contributed by atoms with Crippen molar-refractivity contribution in [3.05, 3.63) is 64.4 Å². The van der Waals surface area contributed by atoms with E-state index in [0.717, 1.165) is 12.0 Å². The number of halogens is 2. The highest BCUT2D eigenvalue weighted by molar-refractivity contribution is 6.31. The molecule has 2 N–H and O–H groups in total. The van der Waals surface area contributed by atoms with Gasteiger partial charge in [-0.3, -0.25) is 4.79 Å². The Balaban J connectivity index is 1.83. The van der Waals surface area contributed by atoms with E-state index in [9.17, 15) is 9.18 Å². The average Bonchev–Trinajstić information content (AvgIpc) is 2.54. The van der Waals surface area contributed by atoms with Crippen LogP contribution in [0, 0.1) is 5.82 Å². The standard InChI is InChI=1S/C18H18ClFN2O2/c19-13-3-6-17(24-10-8-21)15(11-13)18(23)22-9-7-16(22)12-1-4-14(20)5-2-12/h1-6,11,16H,7-10,21H2. The first-order valence-electron chi connectivity index (χ1n) is 7.79. The Morgan fingerprint density at radius 1 is 1.29 bits per heavy atom. The molecule has 1 atom stereocenters. The zero-order valence-corrected chi connectivity index (χ0v) is 13.8. The zero-order valence-electron chi connectivity index (χ0n) is 13.0. The number of likely N-dealkylation sites (tertiary alicyclic amines) is 1. The van der Waals surface area contributed by atoms with Crippen molar-refractivity contribution in [2.24, 2.45) is 5.73 Å². The molecule has 24 heavy (non-hydrogen) atoms. The molecule has 0 aromatic heterocycles. The Morgan fingerprint density at radius 2 is 2.04 bits per heavy atom. The summed E-state index contributed by atoms with van der Waals surface area (Å²) in [7, 11) is 0. The fourth-order valence-electron chi connectivity index (χ4n) is 2.78. The molecule has 4 nitrogen and oxygen atoms in total. The van der Waals surface area contributed by atoms with Gasteiger partial charge in [-0.15, -0.1) is 0 Å². The van der Waals surface area contributed by atoms with Gasteiger partial charge in [0.25, 0.3) is 5.91 Å². The van der Waals surface area contributed by atoms with Crippen molar-refractivity contribution in [3.8, 4) is 5.75 Å². The van der Waals surface area contributed by atoms with Crippen LogP contribution in [0.2, 0.25) is 5.02 Å².